The number of benzene rings is 2. The number of aromatic nitrogens is 2. The summed E-state index contributed by atoms with van der Waals surface area (Å²) in [7, 11) is 0. The Bertz CT molecular complexity index is 764. The molecule has 3 rings (SSSR count). The summed E-state index contributed by atoms with van der Waals surface area (Å²) in [6, 6.07) is 20.4. The third-order valence-electron chi connectivity index (χ3n) is 3.24. The molecule has 0 amide bonds. The van der Waals surface area contributed by atoms with E-state index >= 15 is 0 Å². The second kappa shape index (κ2) is 6.26. The fourth-order valence-electron chi connectivity index (χ4n) is 2.22. The normalized spacial score (nSPS) is 10.4. The van der Waals surface area contributed by atoms with Gasteiger partial charge >= 0.3 is 0 Å². The molecule has 0 saturated carbocycles. The Labute approximate surface area is 129 Å². The molecule has 0 radical (unpaired) electrons. The number of carbonyl (C=O) groups excluding carboxylic acids is 1. The highest BCUT2D eigenvalue weighted by molar-refractivity contribution is 6.07. The maximum absolute atomic E-state index is 12.5. The van der Waals surface area contributed by atoms with E-state index in [9.17, 15) is 4.79 Å². The predicted octanol–water partition coefficient (Wildman–Crippen LogP) is 3.50. The number of carbonyl (C=O) groups is 1. The van der Waals surface area contributed by atoms with E-state index in [4.69, 9.17) is 4.74 Å². The fourth-order valence-corrected chi connectivity index (χ4v) is 2.22. The molecule has 0 unspecified atom stereocenters. The van der Waals surface area contributed by atoms with Crippen molar-refractivity contribution < 1.29 is 9.53 Å². The van der Waals surface area contributed by atoms with Crippen LogP contribution < -0.4 is 4.74 Å². The number of nitrogens with zero attached hydrogens (tertiary/aromatic N) is 2. The molecule has 3 aromatic rings. The summed E-state index contributed by atoms with van der Waals surface area (Å²) < 4.78 is 7.26. The highest BCUT2D eigenvalue weighted by Gasteiger charge is 2.17. The molecule has 110 valence electrons. The largest absolute Gasteiger partial charge is 0.478 e. The van der Waals surface area contributed by atoms with Crippen LogP contribution in [0.3, 0.4) is 0 Å². The number of hydrogen-bond donors (Lipinski definition) is 0. The first-order valence-corrected chi connectivity index (χ1v) is 7.17. The molecular formula is C18H16N2O2. The third kappa shape index (κ3) is 2.76. The van der Waals surface area contributed by atoms with Crippen molar-refractivity contribution in [2.75, 3.05) is 6.61 Å². The fraction of sp³-hybridized carbons (Fsp3) is 0.111. The van der Waals surface area contributed by atoms with Crippen molar-refractivity contribution in [3.63, 3.8) is 0 Å². The zero-order valence-corrected chi connectivity index (χ0v) is 12.3. The average Bonchev–Trinajstić information content (AvgIpc) is 3.00. The number of para-hydroxylation sites is 1. The molecule has 0 saturated heterocycles. The molecule has 22 heavy (non-hydrogen) atoms. The molecule has 0 bridgehead atoms. The van der Waals surface area contributed by atoms with E-state index in [-0.39, 0.29) is 5.78 Å². The quantitative estimate of drug-likeness (QED) is 0.676. The SMILES string of the molecule is CCOc1cc(C(=O)c2ccccc2)nn1-c1ccccc1. The summed E-state index contributed by atoms with van der Waals surface area (Å²) in [5.41, 5.74) is 1.85. The van der Waals surface area contributed by atoms with E-state index < -0.39 is 0 Å². The second-order valence-electron chi connectivity index (χ2n) is 4.74. The van der Waals surface area contributed by atoms with Crippen LogP contribution in [0.2, 0.25) is 0 Å². The summed E-state index contributed by atoms with van der Waals surface area (Å²) in [5.74, 6) is 0.448. The lowest BCUT2D eigenvalue weighted by Crippen LogP contribution is -2.05. The monoisotopic (exact) mass is 292 g/mol. The molecule has 0 atom stereocenters. The van der Waals surface area contributed by atoms with Crippen LogP contribution in [0.15, 0.2) is 66.7 Å². The van der Waals surface area contributed by atoms with Crippen LogP contribution in [0.5, 0.6) is 5.88 Å². The summed E-state index contributed by atoms with van der Waals surface area (Å²) in [4.78, 5) is 12.5. The van der Waals surface area contributed by atoms with Gasteiger partial charge in [-0.15, -0.1) is 0 Å². The molecule has 0 aliphatic rings. The lowest BCUT2D eigenvalue weighted by atomic mass is 10.1. The number of rotatable bonds is 5. The van der Waals surface area contributed by atoms with Gasteiger partial charge < -0.3 is 4.74 Å². The van der Waals surface area contributed by atoms with Crippen LogP contribution in [0.4, 0.5) is 0 Å². The van der Waals surface area contributed by atoms with Crippen molar-refractivity contribution >= 4 is 5.78 Å². The summed E-state index contributed by atoms with van der Waals surface area (Å²) in [6.07, 6.45) is 0. The molecule has 0 aliphatic carbocycles. The highest BCUT2D eigenvalue weighted by atomic mass is 16.5. The molecule has 1 heterocycles. The lowest BCUT2D eigenvalue weighted by molar-refractivity contribution is 0.103. The van der Waals surface area contributed by atoms with E-state index in [2.05, 4.69) is 5.10 Å². The first-order valence-electron chi connectivity index (χ1n) is 7.17. The van der Waals surface area contributed by atoms with Crippen molar-refractivity contribution in [2.45, 2.75) is 6.92 Å². The smallest absolute Gasteiger partial charge is 0.217 e. The number of ether oxygens (including phenoxy) is 1. The average molecular weight is 292 g/mol. The Kier molecular flexibility index (Phi) is 4.01. The standard InChI is InChI=1S/C18H16N2O2/c1-2-22-17-13-16(18(21)14-9-5-3-6-10-14)19-20(17)15-11-7-4-8-12-15/h3-13H,2H2,1H3. The maximum atomic E-state index is 12.5. The molecule has 2 aromatic carbocycles. The minimum atomic E-state index is -0.115. The zero-order valence-electron chi connectivity index (χ0n) is 12.3. The van der Waals surface area contributed by atoms with Crippen molar-refractivity contribution in [1.82, 2.24) is 9.78 Å². The van der Waals surface area contributed by atoms with Gasteiger partial charge in [-0.2, -0.15) is 5.10 Å². The van der Waals surface area contributed by atoms with E-state index in [0.717, 1.165) is 5.69 Å². The van der Waals surface area contributed by atoms with Gasteiger partial charge in [0.2, 0.25) is 11.7 Å². The van der Waals surface area contributed by atoms with Gasteiger partial charge in [-0.25, -0.2) is 4.68 Å². The van der Waals surface area contributed by atoms with Gasteiger partial charge in [-0.3, -0.25) is 4.79 Å². The van der Waals surface area contributed by atoms with Crippen LogP contribution >= 0.6 is 0 Å². The van der Waals surface area contributed by atoms with Crippen molar-refractivity contribution in [2.24, 2.45) is 0 Å². The first kappa shape index (κ1) is 14.1. The van der Waals surface area contributed by atoms with Gasteiger partial charge in [0, 0.05) is 11.6 Å². The minimum absolute atomic E-state index is 0.115. The Balaban J connectivity index is 2.02. The van der Waals surface area contributed by atoms with Crippen LogP contribution in [0, 0.1) is 0 Å². The van der Waals surface area contributed by atoms with Crippen molar-refractivity contribution in [3.05, 3.63) is 78.0 Å². The number of ketones is 1. The lowest BCUT2D eigenvalue weighted by Gasteiger charge is -2.06. The van der Waals surface area contributed by atoms with Crippen LogP contribution in [0.1, 0.15) is 23.0 Å². The second-order valence-corrected chi connectivity index (χ2v) is 4.74. The van der Waals surface area contributed by atoms with E-state index in [0.29, 0.717) is 23.7 Å². The zero-order chi connectivity index (χ0) is 15.4. The minimum Gasteiger partial charge on any atom is -0.478 e. The first-order chi connectivity index (χ1) is 10.8. The van der Waals surface area contributed by atoms with Crippen LogP contribution in [-0.2, 0) is 0 Å². The molecule has 4 nitrogen and oxygen atoms in total. The molecule has 0 aliphatic heterocycles. The number of hydrogen-bond acceptors (Lipinski definition) is 3. The summed E-state index contributed by atoms with van der Waals surface area (Å²) in [5, 5.41) is 4.42. The van der Waals surface area contributed by atoms with Gasteiger partial charge in [-0.05, 0) is 19.1 Å². The molecule has 0 fully saturated rings. The van der Waals surface area contributed by atoms with Crippen LogP contribution in [0.25, 0.3) is 5.69 Å². The molecule has 4 heteroatoms. The van der Waals surface area contributed by atoms with Crippen LogP contribution in [-0.4, -0.2) is 22.2 Å². The van der Waals surface area contributed by atoms with E-state index in [1.165, 1.54) is 0 Å². The molecule has 1 aromatic heterocycles. The van der Waals surface area contributed by atoms with Gasteiger partial charge in [0.1, 0.15) is 5.69 Å². The topological polar surface area (TPSA) is 44.1 Å². The van der Waals surface area contributed by atoms with E-state index in [1.54, 1.807) is 22.9 Å². The van der Waals surface area contributed by atoms with Gasteiger partial charge in [-0.1, -0.05) is 48.5 Å². The highest BCUT2D eigenvalue weighted by Crippen LogP contribution is 2.21. The molecule has 0 N–H and O–H groups in total. The van der Waals surface area contributed by atoms with E-state index in [1.807, 2.05) is 55.5 Å². The van der Waals surface area contributed by atoms with Gasteiger partial charge in [0.05, 0.1) is 12.3 Å². The van der Waals surface area contributed by atoms with Gasteiger partial charge in [0.25, 0.3) is 0 Å². The molecule has 0 spiro atoms. The summed E-state index contributed by atoms with van der Waals surface area (Å²) in [6.45, 7) is 2.42. The Morgan fingerprint density at radius 3 is 2.32 bits per heavy atom. The Morgan fingerprint density at radius 2 is 1.68 bits per heavy atom. The predicted molar refractivity (Wildman–Crippen MR) is 84.6 cm³/mol. The van der Waals surface area contributed by atoms with Crippen molar-refractivity contribution in [3.8, 4) is 11.6 Å². The van der Waals surface area contributed by atoms with Gasteiger partial charge in [0.15, 0.2) is 0 Å². The maximum Gasteiger partial charge on any atom is 0.217 e. The summed E-state index contributed by atoms with van der Waals surface area (Å²) >= 11 is 0. The molecular weight excluding hydrogens is 276 g/mol. The Hall–Kier alpha value is -2.88. The van der Waals surface area contributed by atoms with Crippen molar-refractivity contribution in [1.29, 1.82) is 0 Å². The third-order valence-corrected chi connectivity index (χ3v) is 3.24. The Morgan fingerprint density at radius 1 is 1.05 bits per heavy atom.